The molecule has 0 saturated carbocycles. The molecule has 1 saturated heterocycles. The Morgan fingerprint density at radius 3 is 2.48 bits per heavy atom. The minimum Gasteiger partial charge on any atom is -0.391 e. The normalized spacial score (nSPS) is 21.7. The van der Waals surface area contributed by atoms with Gasteiger partial charge in [0.2, 0.25) is 0 Å². The van der Waals surface area contributed by atoms with Gasteiger partial charge in [0.25, 0.3) is 5.91 Å². The lowest BCUT2D eigenvalue weighted by Crippen LogP contribution is -2.32. The van der Waals surface area contributed by atoms with E-state index in [1.54, 1.807) is 18.3 Å². The minimum atomic E-state index is -4.40. The summed E-state index contributed by atoms with van der Waals surface area (Å²) in [5, 5.41) is 9.88. The number of carbonyl (C=O) groups is 1. The van der Waals surface area contributed by atoms with Crippen LogP contribution in [0, 0.1) is 0 Å². The number of rotatable bonds is 2. The molecule has 1 aliphatic heterocycles. The molecule has 4 nitrogen and oxygen atoms in total. The van der Waals surface area contributed by atoms with E-state index in [1.165, 1.54) is 17.0 Å². The van der Waals surface area contributed by atoms with Gasteiger partial charge in [0.1, 0.15) is 5.69 Å². The van der Waals surface area contributed by atoms with Crippen molar-refractivity contribution in [2.45, 2.75) is 24.7 Å². The fourth-order valence-electron chi connectivity index (χ4n) is 2.87. The van der Waals surface area contributed by atoms with Crippen LogP contribution in [0.1, 0.15) is 34.1 Å². The first-order valence-corrected chi connectivity index (χ1v) is 7.16. The number of alkyl halides is 3. The molecule has 2 atom stereocenters. The van der Waals surface area contributed by atoms with Gasteiger partial charge in [-0.15, -0.1) is 0 Å². The molecule has 0 bridgehead atoms. The first-order valence-electron chi connectivity index (χ1n) is 7.16. The summed E-state index contributed by atoms with van der Waals surface area (Å²) in [5.74, 6) is -0.281. The number of aromatic amines is 1. The van der Waals surface area contributed by atoms with Crippen molar-refractivity contribution >= 4 is 5.91 Å². The molecule has 1 amide bonds. The molecule has 0 spiro atoms. The maximum atomic E-state index is 12.6. The first-order chi connectivity index (χ1) is 10.9. The molecule has 0 radical (unpaired) electrons. The van der Waals surface area contributed by atoms with Crippen LogP contribution in [0.5, 0.6) is 0 Å². The van der Waals surface area contributed by atoms with Crippen molar-refractivity contribution < 1.29 is 23.1 Å². The number of nitrogens with zero attached hydrogens (tertiary/aromatic N) is 1. The highest BCUT2D eigenvalue weighted by molar-refractivity contribution is 5.93. The Morgan fingerprint density at radius 1 is 1.22 bits per heavy atom. The van der Waals surface area contributed by atoms with Gasteiger partial charge in [0.05, 0.1) is 17.7 Å². The zero-order chi connectivity index (χ0) is 16.6. The molecule has 0 aliphatic carbocycles. The molecule has 1 aromatic carbocycles. The van der Waals surface area contributed by atoms with Gasteiger partial charge in [0, 0.05) is 12.7 Å². The standard InChI is InChI=1S/C16H15F3N2O2/c17-16(18,19)11-5-3-10(4-6-11)14-8-12(22)9-21(14)15(23)13-2-1-7-20-13/h1-7,12,14,20,22H,8-9H2. The summed E-state index contributed by atoms with van der Waals surface area (Å²) >= 11 is 0. The Bertz CT molecular complexity index is 680. The van der Waals surface area contributed by atoms with Crippen molar-refractivity contribution in [2.24, 2.45) is 0 Å². The van der Waals surface area contributed by atoms with E-state index >= 15 is 0 Å². The molecule has 23 heavy (non-hydrogen) atoms. The predicted molar refractivity (Wildman–Crippen MR) is 76.6 cm³/mol. The van der Waals surface area contributed by atoms with Crippen LogP contribution in [-0.2, 0) is 6.18 Å². The maximum absolute atomic E-state index is 12.6. The summed E-state index contributed by atoms with van der Waals surface area (Å²) in [6.45, 7) is 0.156. The van der Waals surface area contributed by atoms with Gasteiger partial charge in [-0.1, -0.05) is 12.1 Å². The van der Waals surface area contributed by atoms with Crippen molar-refractivity contribution in [3.05, 3.63) is 59.4 Å². The predicted octanol–water partition coefficient (Wildman–Crippen LogP) is 2.98. The summed E-state index contributed by atoms with van der Waals surface area (Å²) < 4.78 is 37.9. The molecule has 1 fully saturated rings. The Labute approximate surface area is 130 Å². The first kappa shape index (κ1) is 15.6. The highest BCUT2D eigenvalue weighted by Crippen LogP contribution is 2.35. The third-order valence-corrected chi connectivity index (χ3v) is 3.99. The van der Waals surface area contributed by atoms with Gasteiger partial charge in [-0.05, 0) is 36.2 Å². The van der Waals surface area contributed by atoms with Gasteiger partial charge in [0.15, 0.2) is 0 Å². The molecular weight excluding hydrogens is 309 g/mol. The number of aliphatic hydroxyl groups excluding tert-OH is 1. The number of benzene rings is 1. The van der Waals surface area contributed by atoms with E-state index in [1.807, 2.05) is 0 Å². The fourth-order valence-corrected chi connectivity index (χ4v) is 2.87. The van der Waals surface area contributed by atoms with Gasteiger partial charge in [-0.2, -0.15) is 13.2 Å². The lowest BCUT2D eigenvalue weighted by atomic mass is 10.0. The van der Waals surface area contributed by atoms with Gasteiger partial charge in [-0.3, -0.25) is 4.79 Å². The number of hydrogen-bond donors (Lipinski definition) is 2. The molecule has 1 aliphatic rings. The van der Waals surface area contributed by atoms with Crippen LogP contribution in [0.4, 0.5) is 13.2 Å². The summed E-state index contributed by atoms with van der Waals surface area (Å²) in [5.41, 5.74) is 0.229. The van der Waals surface area contributed by atoms with E-state index < -0.39 is 23.9 Å². The Hall–Kier alpha value is -2.28. The number of carbonyl (C=O) groups excluding carboxylic acids is 1. The highest BCUT2D eigenvalue weighted by Gasteiger charge is 2.37. The molecular formula is C16H15F3N2O2. The Morgan fingerprint density at radius 2 is 1.91 bits per heavy atom. The van der Waals surface area contributed by atoms with Crippen molar-refractivity contribution in [3.8, 4) is 0 Å². The lowest BCUT2D eigenvalue weighted by Gasteiger charge is -2.24. The summed E-state index contributed by atoms with van der Waals surface area (Å²) in [6.07, 6.45) is -3.17. The summed E-state index contributed by atoms with van der Waals surface area (Å²) in [6, 6.07) is 7.59. The number of H-pyrrole nitrogens is 1. The van der Waals surface area contributed by atoms with Crippen molar-refractivity contribution in [1.29, 1.82) is 0 Å². The SMILES string of the molecule is O=C(c1ccc[nH]1)N1CC(O)CC1c1ccc(C(F)(F)F)cc1. The summed E-state index contributed by atoms with van der Waals surface area (Å²) in [7, 11) is 0. The molecule has 3 rings (SSSR count). The second-order valence-corrected chi connectivity index (χ2v) is 5.57. The topological polar surface area (TPSA) is 56.3 Å². The molecule has 122 valence electrons. The van der Waals surface area contributed by atoms with Crippen molar-refractivity contribution in [2.75, 3.05) is 6.54 Å². The smallest absolute Gasteiger partial charge is 0.391 e. The average molecular weight is 324 g/mol. The number of halogens is 3. The van der Waals surface area contributed by atoms with Crippen LogP contribution in [0.2, 0.25) is 0 Å². The number of hydrogen-bond acceptors (Lipinski definition) is 2. The van der Waals surface area contributed by atoms with Gasteiger partial charge < -0.3 is 15.0 Å². The number of aliphatic hydroxyl groups is 1. The van der Waals surface area contributed by atoms with Gasteiger partial charge >= 0.3 is 6.18 Å². The monoisotopic (exact) mass is 324 g/mol. The van der Waals surface area contributed by atoms with E-state index in [-0.39, 0.29) is 12.5 Å². The largest absolute Gasteiger partial charge is 0.416 e. The second kappa shape index (κ2) is 5.73. The average Bonchev–Trinajstić information content (AvgIpc) is 3.15. The molecule has 2 unspecified atom stereocenters. The van der Waals surface area contributed by atoms with Crippen molar-refractivity contribution in [3.63, 3.8) is 0 Å². The molecule has 2 N–H and O–H groups in total. The fraction of sp³-hybridized carbons (Fsp3) is 0.312. The number of β-amino-alcohol motifs (C(OH)–C–C–N with tert-alkyl or cyclic N) is 1. The third-order valence-electron chi connectivity index (χ3n) is 3.99. The van der Waals surface area contributed by atoms with Crippen LogP contribution in [0.3, 0.4) is 0 Å². The quantitative estimate of drug-likeness (QED) is 0.892. The summed E-state index contributed by atoms with van der Waals surface area (Å²) in [4.78, 5) is 16.8. The van der Waals surface area contributed by atoms with E-state index in [0.717, 1.165) is 12.1 Å². The van der Waals surface area contributed by atoms with E-state index in [2.05, 4.69) is 4.98 Å². The van der Waals surface area contributed by atoms with E-state index in [9.17, 15) is 23.1 Å². The molecule has 2 aromatic rings. The van der Waals surface area contributed by atoms with Crippen LogP contribution in [-0.4, -0.2) is 33.5 Å². The Kier molecular flexibility index (Phi) is 3.89. The molecule has 2 heterocycles. The van der Waals surface area contributed by atoms with Crippen molar-refractivity contribution in [1.82, 2.24) is 9.88 Å². The van der Waals surface area contributed by atoms with Crippen LogP contribution >= 0.6 is 0 Å². The zero-order valence-corrected chi connectivity index (χ0v) is 12.0. The number of aromatic nitrogens is 1. The van der Waals surface area contributed by atoms with E-state index in [4.69, 9.17) is 0 Å². The third kappa shape index (κ3) is 3.10. The van der Waals surface area contributed by atoms with Crippen LogP contribution in [0.15, 0.2) is 42.6 Å². The number of likely N-dealkylation sites (tertiary alicyclic amines) is 1. The van der Waals surface area contributed by atoms with Gasteiger partial charge in [-0.25, -0.2) is 0 Å². The lowest BCUT2D eigenvalue weighted by molar-refractivity contribution is -0.137. The number of amides is 1. The second-order valence-electron chi connectivity index (χ2n) is 5.57. The Balaban J connectivity index is 1.86. The van der Waals surface area contributed by atoms with Crippen LogP contribution < -0.4 is 0 Å². The highest BCUT2D eigenvalue weighted by atomic mass is 19.4. The minimum absolute atomic E-state index is 0.156. The zero-order valence-electron chi connectivity index (χ0n) is 12.0. The molecule has 7 heteroatoms. The molecule has 1 aromatic heterocycles. The number of nitrogens with one attached hydrogen (secondary N) is 1. The van der Waals surface area contributed by atoms with Crippen LogP contribution in [0.25, 0.3) is 0 Å². The van der Waals surface area contributed by atoms with E-state index in [0.29, 0.717) is 17.7 Å². The maximum Gasteiger partial charge on any atom is 0.416 e.